The van der Waals surface area contributed by atoms with Gasteiger partial charge in [0.05, 0.1) is 29.9 Å². The molecule has 0 radical (unpaired) electrons. The van der Waals surface area contributed by atoms with E-state index in [-0.39, 0.29) is 11.9 Å². The number of carbonyl (C=O) groups excluding carboxylic acids is 1. The van der Waals surface area contributed by atoms with E-state index in [4.69, 9.17) is 9.78 Å². The first kappa shape index (κ1) is 13.4. The lowest BCUT2D eigenvalue weighted by molar-refractivity contribution is -0.136. The van der Waals surface area contributed by atoms with E-state index < -0.39 is 0 Å². The number of hydrogen-bond donors (Lipinski definition) is 0. The first-order valence-corrected chi connectivity index (χ1v) is 6.72. The average Bonchev–Trinajstić information content (AvgIpc) is 2.99. The fourth-order valence-electron chi connectivity index (χ4n) is 2.44. The van der Waals surface area contributed by atoms with Crippen molar-refractivity contribution in [3.8, 4) is 6.07 Å². The van der Waals surface area contributed by atoms with Crippen molar-refractivity contribution in [3.05, 3.63) is 35.0 Å². The number of carbonyl (C=O) groups is 1. The molecule has 1 amide bonds. The summed E-state index contributed by atoms with van der Waals surface area (Å²) in [4.78, 5) is 14.0. The monoisotopic (exact) mass is 285 g/mol. The molecule has 108 valence electrons. The Morgan fingerprint density at radius 3 is 2.86 bits per heavy atom. The number of aryl methyl sites for hydroxylation is 2. The highest BCUT2D eigenvalue weighted by Gasteiger charge is 2.33. The van der Waals surface area contributed by atoms with Gasteiger partial charge in [0.1, 0.15) is 11.8 Å². The highest BCUT2D eigenvalue weighted by molar-refractivity contribution is 5.80. The van der Waals surface area contributed by atoms with Crippen LogP contribution in [-0.4, -0.2) is 38.8 Å². The third-order valence-electron chi connectivity index (χ3n) is 3.83. The Hall–Kier alpha value is -2.62. The van der Waals surface area contributed by atoms with Gasteiger partial charge < -0.3 is 9.42 Å². The van der Waals surface area contributed by atoms with Crippen molar-refractivity contribution < 1.29 is 9.32 Å². The summed E-state index contributed by atoms with van der Waals surface area (Å²) in [6, 6.07) is 2.20. The number of nitriles is 1. The van der Waals surface area contributed by atoms with Crippen molar-refractivity contribution in [2.24, 2.45) is 0 Å². The van der Waals surface area contributed by atoms with E-state index in [1.807, 2.05) is 19.9 Å². The highest BCUT2D eigenvalue weighted by Crippen LogP contribution is 2.23. The third-order valence-corrected chi connectivity index (χ3v) is 3.83. The molecule has 0 N–H and O–H groups in total. The molecular weight excluding hydrogens is 270 g/mol. The van der Waals surface area contributed by atoms with E-state index >= 15 is 0 Å². The van der Waals surface area contributed by atoms with Crippen molar-refractivity contribution in [1.82, 2.24) is 19.8 Å². The van der Waals surface area contributed by atoms with Gasteiger partial charge in [-0.3, -0.25) is 9.48 Å². The van der Waals surface area contributed by atoms with Crippen LogP contribution in [0.5, 0.6) is 0 Å². The standard InChI is InChI=1S/C14H15N5O2/c1-9-13(10(2)21-17-9)3-14(20)18-7-12(8-18)19-6-11(4-15)5-16-19/h5-6,12H,3,7-8H2,1-2H3. The minimum atomic E-state index is 0.0633. The second kappa shape index (κ2) is 5.05. The first-order chi connectivity index (χ1) is 10.1. The molecule has 1 saturated heterocycles. The van der Waals surface area contributed by atoms with Crippen molar-refractivity contribution in [2.45, 2.75) is 26.3 Å². The smallest absolute Gasteiger partial charge is 0.227 e. The summed E-state index contributed by atoms with van der Waals surface area (Å²) in [5, 5.41) is 16.8. The Morgan fingerprint density at radius 1 is 1.52 bits per heavy atom. The molecule has 0 aliphatic carbocycles. The number of nitrogens with zero attached hydrogens (tertiary/aromatic N) is 5. The number of hydrogen-bond acceptors (Lipinski definition) is 5. The average molecular weight is 285 g/mol. The molecule has 0 aromatic carbocycles. The Bertz CT molecular complexity index is 699. The molecule has 0 spiro atoms. The van der Waals surface area contributed by atoms with Crippen LogP contribution in [0, 0.1) is 25.2 Å². The maximum Gasteiger partial charge on any atom is 0.227 e. The third kappa shape index (κ3) is 2.40. The highest BCUT2D eigenvalue weighted by atomic mass is 16.5. The maximum absolute atomic E-state index is 12.2. The second-order valence-corrected chi connectivity index (χ2v) is 5.25. The molecule has 2 aromatic heterocycles. The van der Waals surface area contributed by atoms with Crippen molar-refractivity contribution in [3.63, 3.8) is 0 Å². The SMILES string of the molecule is Cc1noc(C)c1CC(=O)N1CC(n2cc(C#N)cn2)C1. The van der Waals surface area contributed by atoms with Crippen LogP contribution in [0.3, 0.4) is 0 Å². The molecule has 0 unspecified atom stereocenters. The molecule has 7 heteroatoms. The Kier molecular flexibility index (Phi) is 3.22. The van der Waals surface area contributed by atoms with E-state index in [1.165, 1.54) is 6.20 Å². The molecule has 7 nitrogen and oxygen atoms in total. The van der Waals surface area contributed by atoms with Crippen LogP contribution in [-0.2, 0) is 11.2 Å². The molecule has 1 aliphatic heterocycles. The van der Waals surface area contributed by atoms with Gasteiger partial charge in [-0.2, -0.15) is 10.4 Å². The summed E-state index contributed by atoms with van der Waals surface area (Å²) in [7, 11) is 0. The van der Waals surface area contributed by atoms with Crippen LogP contribution in [0.1, 0.15) is 28.6 Å². The molecule has 0 atom stereocenters. The number of amides is 1. The molecule has 1 aliphatic rings. The summed E-state index contributed by atoms with van der Waals surface area (Å²) in [5.74, 6) is 0.761. The topological polar surface area (TPSA) is 88.0 Å². The predicted molar refractivity (Wildman–Crippen MR) is 72.2 cm³/mol. The fourth-order valence-corrected chi connectivity index (χ4v) is 2.44. The fraction of sp³-hybridized carbons (Fsp3) is 0.429. The zero-order valence-electron chi connectivity index (χ0n) is 11.9. The zero-order chi connectivity index (χ0) is 15.0. The lowest BCUT2D eigenvalue weighted by Crippen LogP contribution is -2.51. The van der Waals surface area contributed by atoms with Gasteiger partial charge in [-0.05, 0) is 13.8 Å². The number of likely N-dealkylation sites (tertiary alicyclic amines) is 1. The van der Waals surface area contributed by atoms with Gasteiger partial charge in [-0.25, -0.2) is 0 Å². The van der Waals surface area contributed by atoms with Crippen LogP contribution < -0.4 is 0 Å². The normalized spacial score (nSPS) is 14.8. The van der Waals surface area contributed by atoms with E-state index in [9.17, 15) is 4.79 Å². The second-order valence-electron chi connectivity index (χ2n) is 5.25. The summed E-state index contributed by atoms with van der Waals surface area (Å²) < 4.78 is 6.82. The van der Waals surface area contributed by atoms with Gasteiger partial charge in [-0.1, -0.05) is 5.16 Å². The summed E-state index contributed by atoms with van der Waals surface area (Å²) in [6.45, 7) is 4.89. The van der Waals surface area contributed by atoms with Crippen LogP contribution in [0.25, 0.3) is 0 Å². The molecule has 2 aromatic rings. The van der Waals surface area contributed by atoms with Crippen LogP contribution in [0.2, 0.25) is 0 Å². The Morgan fingerprint density at radius 2 is 2.29 bits per heavy atom. The van der Waals surface area contributed by atoms with Crippen LogP contribution in [0.4, 0.5) is 0 Å². The summed E-state index contributed by atoms with van der Waals surface area (Å²) in [5.41, 5.74) is 2.17. The lowest BCUT2D eigenvalue weighted by Gasteiger charge is -2.39. The van der Waals surface area contributed by atoms with Gasteiger partial charge in [0.15, 0.2) is 0 Å². The van der Waals surface area contributed by atoms with Crippen LogP contribution >= 0.6 is 0 Å². The quantitative estimate of drug-likeness (QED) is 0.839. The lowest BCUT2D eigenvalue weighted by atomic mass is 10.1. The molecule has 0 saturated carbocycles. The van der Waals surface area contributed by atoms with Crippen molar-refractivity contribution in [1.29, 1.82) is 5.26 Å². The number of aromatic nitrogens is 3. The molecule has 21 heavy (non-hydrogen) atoms. The van der Waals surface area contributed by atoms with Gasteiger partial charge in [-0.15, -0.1) is 0 Å². The molecular formula is C14H15N5O2. The Labute approximate surface area is 121 Å². The van der Waals surface area contributed by atoms with Crippen molar-refractivity contribution in [2.75, 3.05) is 13.1 Å². The summed E-state index contributed by atoms with van der Waals surface area (Å²) in [6.07, 6.45) is 3.56. The minimum absolute atomic E-state index is 0.0633. The van der Waals surface area contributed by atoms with Gasteiger partial charge >= 0.3 is 0 Å². The van der Waals surface area contributed by atoms with Crippen molar-refractivity contribution >= 4 is 5.91 Å². The zero-order valence-corrected chi connectivity index (χ0v) is 11.9. The number of rotatable bonds is 3. The first-order valence-electron chi connectivity index (χ1n) is 6.72. The van der Waals surface area contributed by atoms with Gasteiger partial charge in [0, 0.05) is 24.8 Å². The maximum atomic E-state index is 12.2. The Balaban J connectivity index is 1.59. The van der Waals surface area contributed by atoms with Gasteiger partial charge in [0.25, 0.3) is 0 Å². The molecule has 1 fully saturated rings. The molecule has 0 bridgehead atoms. The van der Waals surface area contributed by atoms with Crippen LogP contribution in [0.15, 0.2) is 16.9 Å². The van der Waals surface area contributed by atoms with E-state index in [1.54, 1.807) is 15.8 Å². The largest absolute Gasteiger partial charge is 0.361 e. The van der Waals surface area contributed by atoms with E-state index in [0.29, 0.717) is 30.8 Å². The molecule has 3 rings (SSSR count). The minimum Gasteiger partial charge on any atom is -0.361 e. The van der Waals surface area contributed by atoms with Gasteiger partial charge in [0.2, 0.25) is 5.91 Å². The van der Waals surface area contributed by atoms with E-state index in [0.717, 1.165) is 11.3 Å². The predicted octanol–water partition coefficient (Wildman–Crippen LogP) is 0.986. The molecule has 3 heterocycles. The summed E-state index contributed by atoms with van der Waals surface area (Å²) >= 11 is 0. The van der Waals surface area contributed by atoms with E-state index in [2.05, 4.69) is 10.3 Å².